The first-order chi connectivity index (χ1) is 28.4. The molecule has 12 unspecified atom stereocenters. The normalized spacial score (nSPS) is 50.4. The number of aliphatic hydroxyl groups is 5. The number of ketones is 1. The lowest BCUT2D eigenvalue weighted by Gasteiger charge is -2.70. The molecule has 5 N–H and O–H groups in total. The van der Waals surface area contributed by atoms with Gasteiger partial charge in [-0.2, -0.15) is 0 Å². The molecule has 7 rings (SSSR count). The number of rotatable bonds is 7. The first kappa shape index (κ1) is 46.5. The lowest BCUT2D eigenvalue weighted by molar-refractivity contribution is -0.371. The van der Waals surface area contributed by atoms with E-state index in [1.807, 2.05) is 13.0 Å². The van der Waals surface area contributed by atoms with Gasteiger partial charge < -0.3 is 58.7 Å². The van der Waals surface area contributed by atoms with Crippen molar-refractivity contribution in [3.8, 4) is 0 Å². The van der Waals surface area contributed by atoms with Crippen molar-refractivity contribution in [2.45, 2.75) is 174 Å². The summed E-state index contributed by atoms with van der Waals surface area (Å²) in [6, 6.07) is 0. The van der Waals surface area contributed by atoms with Crippen molar-refractivity contribution in [3.63, 3.8) is 0 Å². The molecule has 0 aromatic carbocycles. The summed E-state index contributed by atoms with van der Waals surface area (Å²) in [5.41, 5.74) is -1.21. The Morgan fingerprint density at radius 2 is 1.26 bits per heavy atom. The van der Waals surface area contributed by atoms with Gasteiger partial charge in [-0.15, -0.1) is 0 Å². The van der Waals surface area contributed by atoms with E-state index in [9.17, 15) is 44.7 Å². The van der Waals surface area contributed by atoms with Crippen molar-refractivity contribution < 1.29 is 77.9 Å². The van der Waals surface area contributed by atoms with Gasteiger partial charge >= 0.3 is 17.9 Å². The quantitative estimate of drug-likeness (QED) is 0.141. The van der Waals surface area contributed by atoms with Gasteiger partial charge in [0.05, 0.1) is 32.8 Å². The highest BCUT2D eigenvalue weighted by atomic mass is 16.8. The van der Waals surface area contributed by atoms with Crippen LogP contribution < -0.4 is 0 Å². The fourth-order valence-electron chi connectivity index (χ4n) is 13.8. The van der Waals surface area contributed by atoms with Crippen molar-refractivity contribution in [1.82, 2.24) is 0 Å². The minimum absolute atomic E-state index is 0.0224. The summed E-state index contributed by atoms with van der Waals surface area (Å²) in [7, 11) is 3.59. The number of ether oxygens (including phenoxy) is 7. The predicted octanol–water partition coefficient (Wildman–Crippen LogP) is 2.51. The fraction of sp³-hybridized carbons (Fsp3) is 0.867. The van der Waals surface area contributed by atoms with Crippen molar-refractivity contribution in [3.05, 3.63) is 11.6 Å². The molecule has 61 heavy (non-hydrogen) atoms. The van der Waals surface area contributed by atoms with Gasteiger partial charge in [0.15, 0.2) is 30.6 Å². The number of esters is 3. The Kier molecular flexibility index (Phi) is 12.1. The van der Waals surface area contributed by atoms with Crippen LogP contribution in [0.15, 0.2) is 11.6 Å². The lowest BCUT2D eigenvalue weighted by atomic mass is 9.33. The second kappa shape index (κ2) is 15.9. The monoisotopic (exact) mass is 864 g/mol. The number of aliphatic hydroxyl groups excluding tert-OH is 5. The van der Waals surface area contributed by atoms with Gasteiger partial charge in [0.2, 0.25) is 0 Å². The molecular weight excluding hydrogens is 796 g/mol. The molecule has 6 fully saturated rings. The average Bonchev–Trinajstić information content (AvgIpc) is 3.21. The molecule has 2 heterocycles. The van der Waals surface area contributed by atoms with E-state index in [0.29, 0.717) is 19.3 Å². The Morgan fingerprint density at radius 1 is 0.672 bits per heavy atom. The number of carbonyl (C=O) groups is 4. The van der Waals surface area contributed by atoms with Crippen LogP contribution >= 0.6 is 0 Å². The van der Waals surface area contributed by atoms with Crippen LogP contribution in [0.2, 0.25) is 0 Å². The van der Waals surface area contributed by atoms with Gasteiger partial charge in [-0.1, -0.05) is 47.1 Å². The Hall–Kier alpha value is -2.54. The molecule has 16 nitrogen and oxygen atoms in total. The summed E-state index contributed by atoms with van der Waals surface area (Å²) in [6.07, 6.45) is -9.88. The van der Waals surface area contributed by atoms with E-state index in [1.165, 1.54) is 12.7 Å². The highest BCUT2D eigenvalue weighted by Gasteiger charge is 2.71. The Bertz CT molecular complexity index is 1780. The molecular formula is C45H68O16. The lowest BCUT2D eigenvalue weighted by Crippen LogP contribution is -2.68. The molecule has 0 aromatic rings. The topological polar surface area (TPSA) is 234 Å². The van der Waals surface area contributed by atoms with Crippen LogP contribution in [0, 0.1) is 50.2 Å². The van der Waals surface area contributed by atoms with Crippen molar-refractivity contribution in [2.75, 3.05) is 21.3 Å². The van der Waals surface area contributed by atoms with E-state index >= 15 is 0 Å². The number of hydrogen-bond acceptors (Lipinski definition) is 16. The highest BCUT2D eigenvalue weighted by molar-refractivity contribution is 5.95. The maximum atomic E-state index is 15.0. The maximum Gasteiger partial charge on any atom is 0.337 e. The summed E-state index contributed by atoms with van der Waals surface area (Å²) in [6.45, 7) is 15.4. The van der Waals surface area contributed by atoms with Crippen LogP contribution in [-0.4, -0.2) is 138 Å². The number of hydrogen-bond donors (Lipinski definition) is 5. The van der Waals surface area contributed by atoms with Crippen LogP contribution in [0.1, 0.15) is 106 Å². The van der Waals surface area contributed by atoms with Crippen molar-refractivity contribution in [1.29, 1.82) is 0 Å². The van der Waals surface area contributed by atoms with Crippen molar-refractivity contribution in [2.24, 2.45) is 50.2 Å². The average molecular weight is 865 g/mol. The second-order valence-electron chi connectivity index (χ2n) is 21.2. The standard InChI is InChI=1S/C45H68O16/c1-40(2)24-11-14-45(7)34(23(46)19-21-22-20-42(4,39(54)57-10)16-15-41(22,3)17-18-44(21,45)6)43(24,5)13-12-25(40)58-38-33(29(50)28(49)32(60-38)36(53)56-9)61-37-30(51)26(47)27(48)31(59-37)35(52)55-8/h19,22,24-34,37-38,47-51H,11-18,20H2,1-10H3/t22-,24?,25+,26?,27?,28?,29?,30?,31?,32?,33?,34?,37?,38?,41-,42+,43+,44-,45-/m1/s1. The molecule has 0 radical (unpaired) electrons. The SMILES string of the molecule is COC(=O)C1OC(OC2C(O[C@H]3CC[C@@]4(C)C(CC[C@]5(C)C4C(=O)C=C4[C@H]6C[C@@](C)(C(=O)OC)CC[C@]6(C)CC[C@]45C)C3(C)C)OC(C(=O)OC)C(O)C2O)C(O)C(O)C1O. The van der Waals surface area contributed by atoms with Gasteiger partial charge in [-0.25, -0.2) is 9.59 Å². The molecule has 5 aliphatic carbocycles. The minimum Gasteiger partial charge on any atom is -0.469 e. The number of methoxy groups -OCH3 is 3. The third-order valence-electron chi connectivity index (χ3n) is 17.8. The maximum absolute atomic E-state index is 15.0. The molecule has 0 spiro atoms. The van der Waals surface area contributed by atoms with Gasteiger partial charge in [0.1, 0.15) is 36.6 Å². The van der Waals surface area contributed by atoms with Crippen LogP contribution in [0.5, 0.6) is 0 Å². The van der Waals surface area contributed by atoms with Crippen molar-refractivity contribution >= 4 is 23.7 Å². The Balaban J connectivity index is 1.18. The van der Waals surface area contributed by atoms with E-state index in [4.69, 9.17) is 28.4 Å². The van der Waals surface area contributed by atoms with E-state index in [-0.39, 0.29) is 45.8 Å². The Labute approximate surface area is 357 Å². The minimum atomic E-state index is -1.93. The van der Waals surface area contributed by atoms with Crippen LogP contribution in [0.4, 0.5) is 0 Å². The molecule has 16 heteroatoms. The molecule has 19 atom stereocenters. The summed E-state index contributed by atoms with van der Waals surface area (Å²) >= 11 is 0. The number of carbonyl (C=O) groups excluding carboxylic acids is 4. The first-order valence-corrected chi connectivity index (χ1v) is 21.9. The van der Waals surface area contributed by atoms with E-state index in [0.717, 1.165) is 52.7 Å². The van der Waals surface area contributed by atoms with Gasteiger partial charge in [0, 0.05) is 5.92 Å². The van der Waals surface area contributed by atoms with Gasteiger partial charge in [-0.05, 0) is 110 Å². The first-order valence-electron chi connectivity index (χ1n) is 21.9. The van der Waals surface area contributed by atoms with E-state index < -0.39 is 95.7 Å². The third-order valence-corrected chi connectivity index (χ3v) is 17.8. The molecule has 7 aliphatic rings. The zero-order valence-electron chi connectivity index (χ0n) is 37.3. The molecule has 0 aromatic heterocycles. The molecule has 0 bridgehead atoms. The number of allylic oxidation sites excluding steroid dienone is 2. The smallest absolute Gasteiger partial charge is 0.337 e. The summed E-state index contributed by atoms with van der Waals surface area (Å²) in [5, 5.41) is 54.5. The zero-order chi connectivity index (χ0) is 45.0. The molecule has 2 saturated heterocycles. The molecule has 2 aliphatic heterocycles. The Morgan fingerprint density at radius 3 is 1.87 bits per heavy atom. The largest absolute Gasteiger partial charge is 0.469 e. The van der Waals surface area contributed by atoms with Crippen LogP contribution in [0.25, 0.3) is 0 Å². The van der Waals surface area contributed by atoms with E-state index in [1.54, 1.807) is 0 Å². The third kappa shape index (κ3) is 6.95. The second-order valence-corrected chi connectivity index (χ2v) is 21.2. The summed E-state index contributed by atoms with van der Waals surface area (Å²) in [5.74, 6) is -2.39. The summed E-state index contributed by atoms with van der Waals surface area (Å²) in [4.78, 5) is 53.4. The van der Waals surface area contributed by atoms with Crippen LogP contribution in [-0.2, 0) is 52.3 Å². The van der Waals surface area contributed by atoms with E-state index in [2.05, 4.69) is 46.3 Å². The highest BCUT2D eigenvalue weighted by Crippen LogP contribution is 2.75. The zero-order valence-corrected chi connectivity index (χ0v) is 37.3. The molecule has 0 amide bonds. The van der Waals surface area contributed by atoms with Gasteiger partial charge in [0.25, 0.3) is 0 Å². The molecule has 344 valence electrons. The predicted molar refractivity (Wildman–Crippen MR) is 213 cm³/mol. The van der Waals surface area contributed by atoms with Crippen LogP contribution in [0.3, 0.4) is 0 Å². The molecule has 4 saturated carbocycles. The fourth-order valence-corrected chi connectivity index (χ4v) is 13.8. The number of fused-ring (bicyclic) bond motifs is 7. The summed E-state index contributed by atoms with van der Waals surface area (Å²) < 4.78 is 39.1. The van der Waals surface area contributed by atoms with Gasteiger partial charge in [-0.3, -0.25) is 9.59 Å².